The van der Waals surface area contributed by atoms with Gasteiger partial charge in [0.05, 0.1) is 11.0 Å². The van der Waals surface area contributed by atoms with Gasteiger partial charge in [-0.2, -0.15) is 0 Å². The lowest BCUT2D eigenvalue weighted by Gasteiger charge is -2.14. The molecule has 0 atom stereocenters. The second-order valence-corrected chi connectivity index (χ2v) is 5.38. The van der Waals surface area contributed by atoms with Gasteiger partial charge in [-0.1, -0.05) is 6.92 Å². The number of benzene rings is 2. The Labute approximate surface area is 124 Å². The summed E-state index contributed by atoms with van der Waals surface area (Å²) in [6.07, 6.45) is 0.879. The molecule has 0 fully saturated rings. The summed E-state index contributed by atoms with van der Waals surface area (Å²) >= 11 is 0. The van der Waals surface area contributed by atoms with E-state index in [1.54, 1.807) is 0 Å². The molecule has 2 aromatic carbocycles. The fraction of sp³-hybridized carbons (Fsp3) is 0.235. The highest BCUT2D eigenvalue weighted by Crippen LogP contribution is 2.25. The Morgan fingerprint density at radius 2 is 1.81 bits per heavy atom. The van der Waals surface area contributed by atoms with Crippen LogP contribution in [0, 0.1) is 0 Å². The molecule has 0 aliphatic rings. The maximum Gasteiger partial charge on any atom is 0.114 e. The zero-order valence-corrected chi connectivity index (χ0v) is 12.7. The molecule has 3 aromatic rings. The van der Waals surface area contributed by atoms with Crippen molar-refractivity contribution in [2.75, 3.05) is 24.7 Å². The van der Waals surface area contributed by atoms with Gasteiger partial charge in [0.1, 0.15) is 5.82 Å². The van der Waals surface area contributed by atoms with E-state index in [0.29, 0.717) is 0 Å². The second kappa shape index (κ2) is 5.13. The minimum atomic E-state index is 0.748. The fourth-order valence-electron chi connectivity index (χ4n) is 2.57. The van der Waals surface area contributed by atoms with Gasteiger partial charge in [-0.15, -0.1) is 0 Å². The smallest absolute Gasteiger partial charge is 0.114 e. The van der Waals surface area contributed by atoms with Crippen molar-refractivity contribution in [3.8, 4) is 5.69 Å². The van der Waals surface area contributed by atoms with Gasteiger partial charge in [-0.25, -0.2) is 4.98 Å². The van der Waals surface area contributed by atoms with Crippen LogP contribution in [0.1, 0.15) is 12.7 Å². The molecule has 108 valence electrons. The van der Waals surface area contributed by atoms with Gasteiger partial charge in [0, 0.05) is 37.6 Å². The quantitative estimate of drug-likeness (QED) is 0.749. The summed E-state index contributed by atoms with van der Waals surface area (Å²) in [5.41, 5.74) is 11.0. The van der Waals surface area contributed by atoms with Crippen molar-refractivity contribution >= 4 is 22.4 Å². The van der Waals surface area contributed by atoms with Crippen LogP contribution in [0.2, 0.25) is 0 Å². The molecule has 0 aliphatic heterocycles. The predicted octanol–water partition coefficient (Wildman–Crippen LogP) is 3.24. The molecule has 0 bridgehead atoms. The van der Waals surface area contributed by atoms with Crippen LogP contribution >= 0.6 is 0 Å². The van der Waals surface area contributed by atoms with Crippen molar-refractivity contribution in [1.29, 1.82) is 0 Å². The molecule has 0 spiro atoms. The topological polar surface area (TPSA) is 47.1 Å². The van der Waals surface area contributed by atoms with Crippen molar-refractivity contribution in [3.63, 3.8) is 0 Å². The Balaban J connectivity index is 2.18. The minimum Gasteiger partial charge on any atom is -0.399 e. The summed E-state index contributed by atoms with van der Waals surface area (Å²) < 4.78 is 2.20. The van der Waals surface area contributed by atoms with E-state index in [0.717, 1.165) is 34.7 Å². The maximum absolute atomic E-state index is 5.86. The normalized spacial score (nSPS) is 11.0. The van der Waals surface area contributed by atoms with Crippen LogP contribution in [0.25, 0.3) is 16.7 Å². The Hall–Kier alpha value is -2.49. The number of rotatable bonds is 3. The Kier molecular flexibility index (Phi) is 3.29. The van der Waals surface area contributed by atoms with E-state index in [9.17, 15) is 0 Å². The number of nitrogen functional groups attached to an aromatic ring is 1. The van der Waals surface area contributed by atoms with Gasteiger partial charge in [0.25, 0.3) is 0 Å². The number of imidazole rings is 1. The van der Waals surface area contributed by atoms with Gasteiger partial charge in [0.15, 0.2) is 0 Å². The van der Waals surface area contributed by atoms with E-state index in [1.807, 2.05) is 32.3 Å². The number of hydrogen-bond acceptors (Lipinski definition) is 3. The summed E-state index contributed by atoms with van der Waals surface area (Å²) in [6.45, 7) is 2.12. The summed E-state index contributed by atoms with van der Waals surface area (Å²) in [6, 6.07) is 14.4. The van der Waals surface area contributed by atoms with Crippen LogP contribution < -0.4 is 10.6 Å². The zero-order valence-electron chi connectivity index (χ0n) is 12.7. The molecule has 0 aliphatic carbocycles. The van der Waals surface area contributed by atoms with E-state index in [4.69, 9.17) is 10.7 Å². The third kappa shape index (κ3) is 2.33. The first-order valence-corrected chi connectivity index (χ1v) is 7.14. The Morgan fingerprint density at radius 3 is 2.43 bits per heavy atom. The molecule has 3 rings (SSSR count). The first kappa shape index (κ1) is 13.5. The van der Waals surface area contributed by atoms with Crippen LogP contribution in [0.3, 0.4) is 0 Å². The fourth-order valence-corrected chi connectivity index (χ4v) is 2.57. The van der Waals surface area contributed by atoms with Gasteiger partial charge < -0.3 is 10.6 Å². The average molecular weight is 280 g/mol. The number of aromatic nitrogens is 2. The summed E-state index contributed by atoms with van der Waals surface area (Å²) in [5.74, 6) is 1.05. The van der Waals surface area contributed by atoms with E-state index in [1.165, 1.54) is 5.69 Å². The van der Waals surface area contributed by atoms with Gasteiger partial charge >= 0.3 is 0 Å². The summed E-state index contributed by atoms with van der Waals surface area (Å²) in [4.78, 5) is 6.79. The zero-order chi connectivity index (χ0) is 15.0. The van der Waals surface area contributed by atoms with Gasteiger partial charge in [-0.3, -0.25) is 4.57 Å². The first-order valence-electron chi connectivity index (χ1n) is 7.14. The number of aryl methyl sites for hydroxylation is 1. The van der Waals surface area contributed by atoms with Crippen molar-refractivity contribution in [1.82, 2.24) is 9.55 Å². The molecule has 4 heteroatoms. The molecule has 0 saturated heterocycles. The van der Waals surface area contributed by atoms with Gasteiger partial charge in [0.2, 0.25) is 0 Å². The lowest BCUT2D eigenvalue weighted by molar-refractivity contribution is 0.908. The molecule has 0 amide bonds. The Morgan fingerprint density at radius 1 is 1.10 bits per heavy atom. The van der Waals surface area contributed by atoms with E-state index in [2.05, 4.69) is 40.7 Å². The predicted molar refractivity (Wildman–Crippen MR) is 89.2 cm³/mol. The summed E-state index contributed by atoms with van der Waals surface area (Å²) in [7, 11) is 4.09. The molecule has 1 heterocycles. The standard InChI is InChI=1S/C17H20N4/c1-4-17-19-15-11-12(18)5-10-16(15)21(17)14-8-6-13(7-9-14)20(2)3/h5-11H,4,18H2,1-3H3. The highest BCUT2D eigenvalue weighted by atomic mass is 15.1. The van der Waals surface area contributed by atoms with Gasteiger partial charge in [-0.05, 0) is 42.5 Å². The monoisotopic (exact) mass is 280 g/mol. The largest absolute Gasteiger partial charge is 0.399 e. The number of nitrogens with zero attached hydrogens (tertiary/aromatic N) is 3. The lowest BCUT2D eigenvalue weighted by Crippen LogP contribution is -2.08. The van der Waals surface area contributed by atoms with Crippen molar-refractivity contribution in [2.45, 2.75) is 13.3 Å². The second-order valence-electron chi connectivity index (χ2n) is 5.38. The lowest BCUT2D eigenvalue weighted by atomic mass is 10.2. The number of nitrogens with two attached hydrogens (primary N) is 1. The van der Waals surface area contributed by atoms with Crippen molar-refractivity contribution in [2.24, 2.45) is 0 Å². The third-order valence-electron chi connectivity index (χ3n) is 3.69. The Bertz CT molecular complexity index is 769. The summed E-state index contributed by atoms with van der Waals surface area (Å²) in [5, 5.41) is 0. The minimum absolute atomic E-state index is 0.748. The molecule has 21 heavy (non-hydrogen) atoms. The molecule has 2 N–H and O–H groups in total. The van der Waals surface area contributed by atoms with E-state index < -0.39 is 0 Å². The van der Waals surface area contributed by atoms with Crippen LogP contribution in [-0.2, 0) is 6.42 Å². The first-order chi connectivity index (χ1) is 10.1. The van der Waals surface area contributed by atoms with Crippen molar-refractivity contribution in [3.05, 3.63) is 48.3 Å². The third-order valence-corrected chi connectivity index (χ3v) is 3.69. The highest BCUT2D eigenvalue weighted by molar-refractivity contribution is 5.81. The van der Waals surface area contributed by atoms with E-state index >= 15 is 0 Å². The molecule has 1 aromatic heterocycles. The van der Waals surface area contributed by atoms with Crippen LogP contribution in [0.5, 0.6) is 0 Å². The molecule has 0 saturated carbocycles. The molecular formula is C17H20N4. The molecule has 0 radical (unpaired) electrons. The van der Waals surface area contributed by atoms with Crippen LogP contribution in [0.4, 0.5) is 11.4 Å². The number of hydrogen-bond donors (Lipinski definition) is 1. The SMILES string of the molecule is CCc1nc2cc(N)ccc2n1-c1ccc(N(C)C)cc1. The molecule has 4 nitrogen and oxygen atoms in total. The van der Waals surface area contributed by atoms with Crippen molar-refractivity contribution < 1.29 is 0 Å². The molecular weight excluding hydrogens is 260 g/mol. The molecule has 0 unspecified atom stereocenters. The number of anilines is 2. The highest BCUT2D eigenvalue weighted by Gasteiger charge is 2.11. The van der Waals surface area contributed by atoms with Crippen LogP contribution in [0.15, 0.2) is 42.5 Å². The maximum atomic E-state index is 5.86. The number of fused-ring (bicyclic) bond motifs is 1. The van der Waals surface area contributed by atoms with Crippen LogP contribution in [-0.4, -0.2) is 23.6 Å². The van der Waals surface area contributed by atoms with E-state index in [-0.39, 0.29) is 0 Å². The average Bonchev–Trinajstić information content (AvgIpc) is 2.84.